The van der Waals surface area contributed by atoms with Crippen molar-refractivity contribution >= 4 is 27.1 Å². The van der Waals surface area contributed by atoms with E-state index in [1.807, 2.05) is 0 Å². The van der Waals surface area contributed by atoms with Crippen molar-refractivity contribution in [2.24, 2.45) is 0 Å². The summed E-state index contributed by atoms with van der Waals surface area (Å²) in [6.45, 7) is 2.14. The van der Waals surface area contributed by atoms with Crippen LogP contribution in [-0.2, 0) is 28.2 Å². The second kappa shape index (κ2) is 7.00. The van der Waals surface area contributed by atoms with Gasteiger partial charge < -0.3 is 29.0 Å². The number of esters is 2. The number of carbonyl (C=O) groups excluding carboxylic acids is 2. The Bertz CT molecular complexity index is 491. The van der Waals surface area contributed by atoms with Crippen molar-refractivity contribution in [3.05, 3.63) is 0 Å². The van der Waals surface area contributed by atoms with Crippen LogP contribution in [0.1, 0.15) is 20.3 Å². The molecule has 0 rings (SSSR count). The zero-order valence-electron chi connectivity index (χ0n) is 11.6. The van der Waals surface area contributed by atoms with E-state index < -0.39 is 44.4 Å². The molecular formula is C9H18O10P2. The second-order valence-electron chi connectivity index (χ2n) is 4.06. The fourth-order valence-corrected chi connectivity index (χ4v) is 5.18. The quantitative estimate of drug-likeness (QED) is 0.351. The molecule has 10 nitrogen and oxygen atoms in total. The van der Waals surface area contributed by atoms with E-state index in [9.17, 15) is 38.3 Å². The van der Waals surface area contributed by atoms with E-state index >= 15 is 0 Å². The molecule has 2 atom stereocenters. The highest BCUT2D eigenvalue weighted by Gasteiger charge is 2.67. The van der Waals surface area contributed by atoms with Gasteiger partial charge in [0.15, 0.2) is 10.8 Å². The summed E-state index contributed by atoms with van der Waals surface area (Å²) >= 11 is 0. The predicted molar refractivity (Wildman–Crippen MR) is 69.5 cm³/mol. The molecule has 21 heavy (non-hydrogen) atoms. The molecule has 0 amide bonds. The summed E-state index contributed by atoms with van der Waals surface area (Å²) in [5.41, 5.74) is -2.67. The maximum Gasteiger partial charge on any atom is 0.344 e. The van der Waals surface area contributed by atoms with Crippen LogP contribution in [0.2, 0.25) is 0 Å². The molecule has 0 aliphatic rings. The second-order valence-corrected chi connectivity index (χ2v) is 7.64. The van der Waals surface area contributed by atoms with Crippen LogP contribution in [-0.4, -0.2) is 56.0 Å². The van der Waals surface area contributed by atoms with Crippen LogP contribution in [0.4, 0.5) is 0 Å². The van der Waals surface area contributed by atoms with Crippen LogP contribution >= 0.6 is 15.2 Å². The highest BCUT2D eigenvalue weighted by molar-refractivity contribution is 7.59. The molecule has 0 aromatic carbocycles. The van der Waals surface area contributed by atoms with Crippen molar-refractivity contribution in [1.29, 1.82) is 0 Å². The summed E-state index contributed by atoms with van der Waals surface area (Å²) in [6.07, 6.45) is -0.735. The summed E-state index contributed by atoms with van der Waals surface area (Å²) in [6, 6.07) is 0. The summed E-state index contributed by atoms with van der Waals surface area (Å²) in [5.74, 6) is -3.18. The normalized spacial score (nSPS) is 16.7. The number of ether oxygens (including phenoxy) is 2. The number of hydrogen-bond acceptors (Lipinski definition) is 6. The largest absolute Gasteiger partial charge is 0.468 e. The molecule has 0 aliphatic carbocycles. The Morgan fingerprint density at radius 2 is 1.62 bits per heavy atom. The molecule has 4 N–H and O–H groups in total. The van der Waals surface area contributed by atoms with E-state index in [-0.39, 0.29) is 6.61 Å². The smallest absolute Gasteiger partial charge is 0.344 e. The van der Waals surface area contributed by atoms with E-state index in [4.69, 9.17) is 0 Å². The number of rotatable bonds is 7. The highest BCUT2D eigenvalue weighted by Crippen LogP contribution is 2.63. The van der Waals surface area contributed by atoms with Crippen LogP contribution in [0.15, 0.2) is 0 Å². The summed E-state index contributed by atoms with van der Waals surface area (Å²) in [7, 11) is -10.1. The minimum absolute atomic E-state index is 0.296. The Hall–Kier alpha value is -0.760. The van der Waals surface area contributed by atoms with Crippen molar-refractivity contribution in [3.8, 4) is 0 Å². The minimum Gasteiger partial charge on any atom is -0.468 e. The zero-order valence-corrected chi connectivity index (χ0v) is 13.4. The first-order valence-corrected chi connectivity index (χ1v) is 9.05. The summed E-state index contributed by atoms with van der Waals surface area (Å²) < 4.78 is 32.0. The fraction of sp³-hybridized carbons (Fsp3) is 0.778. The first-order chi connectivity index (χ1) is 9.40. The van der Waals surface area contributed by atoms with Gasteiger partial charge in [-0.3, -0.25) is 18.7 Å². The third-order valence-corrected chi connectivity index (χ3v) is 6.23. The van der Waals surface area contributed by atoms with Gasteiger partial charge in [-0.25, -0.2) is 0 Å². The fourth-order valence-electron chi connectivity index (χ4n) is 1.91. The molecule has 0 radical (unpaired) electrons. The maximum atomic E-state index is 12.0. The van der Waals surface area contributed by atoms with Crippen molar-refractivity contribution in [2.75, 3.05) is 13.7 Å². The van der Waals surface area contributed by atoms with Crippen LogP contribution < -0.4 is 0 Å². The van der Waals surface area contributed by atoms with Gasteiger partial charge in [-0.1, -0.05) is 6.92 Å². The van der Waals surface area contributed by atoms with E-state index in [0.29, 0.717) is 0 Å². The lowest BCUT2D eigenvalue weighted by Crippen LogP contribution is -2.53. The lowest BCUT2D eigenvalue weighted by atomic mass is 10.0. The average Bonchev–Trinajstić information content (AvgIpc) is 2.31. The predicted octanol–water partition coefficient (Wildman–Crippen LogP) is -0.405. The molecule has 2 unspecified atom stereocenters. The van der Waals surface area contributed by atoms with Crippen LogP contribution in [0, 0.1) is 0 Å². The number of methoxy groups -OCH3 is 1. The van der Waals surface area contributed by atoms with Crippen LogP contribution in [0.25, 0.3) is 0 Å². The van der Waals surface area contributed by atoms with E-state index in [0.717, 1.165) is 14.0 Å². The third-order valence-electron chi connectivity index (χ3n) is 2.90. The van der Waals surface area contributed by atoms with Crippen molar-refractivity contribution in [2.45, 2.75) is 31.1 Å². The van der Waals surface area contributed by atoms with Gasteiger partial charge in [-0.15, -0.1) is 0 Å². The Morgan fingerprint density at radius 1 is 1.14 bits per heavy atom. The van der Waals surface area contributed by atoms with Gasteiger partial charge in [-0.2, -0.15) is 0 Å². The van der Waals surface area contributed by atoms with E-state index in [1.54, 1.807) is 0 Å². The lowest BCUT2D eigenvalue weighted by molar-refractivity contribution is -0.152. The molecule has 0 aliphatic heterocycles. The maximum absolute atomic E-state index is 12.0. The van der Waals surface area contributed by atoms with Gasteiger partial charge in [0.1, 0.15) is 0 Å². The van der Waals surface area contributed by atoms with Gasteiger partial charge in [0.05, 0.1) is 13.7 Å². The standard InChI is InChI=1S/C9H18O10P2/c1-4-9(21(15,16)17,8(11)19-5-2)6(7(10)18-3)20(12,13)14/h6H,4-5H2,1-3H3,(H2,12,13,14)(H2,15,16,17). The Kier molecular flexibility index (Phi) is 6.75. The van der Waals surface area contributed by atoms with Gasteiger partial charge in [0, 0.05) is 0 Å². The van der Waals surface area contributed by atoms with Gasteiger partial charge in [0.25, 0.3) is 0 Å². The minimum atomic E-state index is -5.48. The molecule has 0 aromatic heterocycles. The first kappa shape index (κ1) is 20.2. The topological polar surface area (TPSA) is 168 Å². The molecule has 0 bridgehead atoms. The lowest BCUT2D eigenvalue weighted by Gasteiger charge is -2.36. The Morgan fingerprint density at radius 3 is 1.86 bits per heavy atom. The third kappa shape index (κ3) is 3.91. The van der Waals surface area contributed by atoms with Crippen molar-refractivity contribution < 1.29 is 47.8 Å². The molecule has 0 fully saturated rings. The van der Waals surface area contributed by atoms with E-state index in [2.05, 4.69) is 9.47 Å². The van der Waals surface area contributed by atoms with Crippen molar-refractivity contribution in [1.82, 2.24) is 0 Å². The molecule has 0 spiro atoms. The number of carbonyl (C=O) groups is 2. The van der Waals surface area contributed by atoms with Crippen molar-refractivity contribution in [3.63, 3.8) is 0 Å². The van der Waals surface area contributed by atoms with Crippen LogP contribution in [0.5, 0.6) is 0 Å². The Balaban J connectivity index is 6.45. The highest BCUT2D eigenvalue weighted by atomic mass is 31.2. The SMILES string of the molecule is CCOC(=O)C(CC)(C(C(=O)OC)P(=O)(O)O)P(=O)(O)O. The Labute approximate surface area is 120 Å². The molecule has 0 saturated heterocycles. The average molecular weight is 348 g/mol. The molecule has 0 saturated carbocycles. The zero-order chi connectivity index (χ0) is 17.1. The van der Waals surface area contributed by atoms with E-state index in [1.165, 1.54) is 6.92 Å². The van der Waals surface area contributed by atoms with Gasteiger partial charge >= 0.3 is 27.1 Å². The van der Waals surface area contributed by atoms with Crippen LogP contribution in [0.3, 0.4) is 0 Å². The molecular weight excluding hydrogens is 330 g/mol. The van der Waals surface area contributed by atoms with Gasteiger partial charge in [-0.05, 0) is 13.3 Å². The summed E-state index contributed by atoms with van der Waals surface area (Å²) in [5, 5.41) is -3.02. The number of hydrogen-bond donors (Lipinski definition) is 4. The monoisotopic (exact) mass is 348 g/mol. The molecule has 12 heteroatoms. The summed E-state index contributed by atoms with van der Waals surface area (Å²) in [4.78, 5) is 61.1. The first-order valence-electron chi connectivity index (χ1n) is 5.76. The van der Waals surface area contributed by atoms with Gasteiger partial charge in [0.2, 0.25) is 0 Å². The molecule has 0 aromatic rings. The molecule has 0 heterocycles. The molecule has 124 valence electrons.